The lowest BCUT2D eigenvalue weighted by Crippen LogP contribution is -2.26. The van der Waals surface area contributed by atoms with Crippen LogP contribution in [0.1, 0.15) is 74.5 Å². The topological polar surface area (TPSA) is 61.2 Å². The Hall–Kier alpha value is -1.65. The number of hydrogen-bond acceptors (Lipinski definition) is 4. The molecule has 0 spiro atoms. The van der Waals surface area contributed by atoms with Crippen LogP contribution in [0.3, 0.4) is 0 Å². The van der Waals surface area contributed by atoms with Crippen molar-refractivity contribution in [2.75, 3.05) is 7.11 Å². The summed E-state index contributed by atoms with van der Waals surface area (Å²) in [6.07, 6.45) is 10.9. The third-order valence-electron chi connectivity index (χ3n) is 3.93. The van der Waals surface area contributed by atoms with Crippen LogP contribution in [0.4, 0.5) is 0 Å². The lowest BCUT2D eigenvalue weighted by atomic mass is 10.1. The zero-order valence-electron chi connectivity index (χ0n) is 14.1. The molecule has 0 aliphatic heterocycles. The van der Waals surface area contributed by atoms with Gasteiger partial charge in [-0.3, -0.25) is 4.79 Å². The van der Waals surface area contributed by atoms with Gasteiger partial charge in [0, 0.05) is 6.54 Å². The van der Waals surface area contributed by atoms with E-state index in [0.29, 0.717) is 12.2 Å². The summed E-state index contributed by atoms with van der Waals surface area (Å²) in [5.74, 6) is -0.498. The maximum atomic E-state index is 11.9. The molecule has 1 rings (SSSR count). The van der Waals surface area contributed by atoms with E-state index in [1.54, 1.807) is 11.5 Å². The Balaban J connectivity index is 2.45. The second kappa shape index (κ2) is 10.1. The minimum absolute atomic E-state index is 0.159. The minimum atomic E-state index is -0.498. The fourth-order valence-corrected chi connectivity index (χ4v) is 2.55. The molecule has 0 aliphatic carbocycles. The molecule has 0 saturated carbocycles. The molecule has 1 aromatic rings. The van der Waals surface area contributed by atoms with E-state index in [4.69, 9.17) is 0 Å². The molecule has 1 heterocycles. The third kappa shape index (κ3) is 5.62. The predicted molar refractivity (Wildman–Crippen MR) is 87.2 cm³/mol. The number of ether oxygens (including phenoxy) is 1. The quantitative estimate of drug-likeness (QED) is 0.490. The van der Waals surface area contributed by atoms with Crippen molar-refractivity contribution in [3.63, 3.8) is 0 Å². The van der Waals surface area contributed by atoms with E-state index >= 15 is 0 Å². The van der Waals surface area contributed by atoms with Crippen molar-refractivity contribution < 1.29 is 9.53 Å². The summed E-state index contributed by atoms with van der Waals surface area (Å²) < 4.78 is 6.31. The highest BCUT2D eigenvalue weighted by molar-refractivity contribution is 5.88. The maximum absolute atomic E-state index is 11.9. The SMILES string of the molecule is CCCCCCCCCCn1c(C)c(C(=O)OC)ncc1=O. The molecular formula is C17H28N2O3. The Morgan fingerprint density at radius 1 is 1.14 bits per heavy atom. The Morgan fingerprint density at radius 3 is 2.32 bits per heavy atom. The van der Waals surface area contributed by atoms with Gasteiger partial charge in [0.25, 0.3) is 5.56 Å². The number of nitrogens with zero attached hydrogens (tertiary/aromatic N) is 2. The van der Waals surface area contributed by atoms with Gasteiger partial charge in [-0.15, -0.1) is 0 Å². The molecule has 0 fully saturated rings. The molecular weight excluding hydrogens is 280 g/mol. The molecule has 0 unspecified atom stereocenters. The van der Waals surface area contributed by atoms with Gasteiger partial charge in [0.2, 0.25) is 0 Å². The average Bonchev–Trinajstić information content (AvgIpc) is 2.52. The standard InChI is InChI=1S/C17H28N2O3/c1-4-5-6-7-8-9-10-11-12-19-14(2)16(17(21)22-3)18-13-15(19)20/h13H,4-12H2,1-3H3. The fourth-order valence-electron chi connectivity index (χ4n) is 2.55. The molecule has 22 heavy (non-hydrogen) atoms. The molecule has 124 valence electrons. The summed E-state index contributed by atoms with van der Waals surface area (Å²) >= 11 is 0. The van der Waals surface area contributed by atoms with Gasteiger partial charge in [0.15, 0.2) is 5.69 Å². The van der Waals surface area contributed by atoms with Gasteiger partial charge >= 0.3 is 5.97 Å². The Kier molecular flexibility index (Phi) is 8.48. The van der Waals surface area contributed by atoms with Crippen LogP contribution in [-0.4, -0.2) is 22.6 Å². The van der Waals surface area contributed by atoms with Crippen molar-refractivity contribution in [1.82, 2.24) is 9.55 Å². The minimum Gasteiger partial charge on any atom is -0.464 e. The van der Waals surface area contributed by atoms with Crippen molar-refractivity contribution in [3.8, 4) is 0 Å². The number of unbranched alkanes of at least 4 members (excludes halogenated alkanes) is 7. The first-order valence-electron chi connectivity index (χ1n) is 8.26. The van der Waals surface area contributed by atoms with Crippen LogP contribution in [0, 0.1) is 6.92 Å². The molecule has 5 nitrogen and oxygen atoms in total. The van der Waals surface area contributed by atoms with E-state index in [9.17, 15) is 9.59 Å². The first-order chi connectivity index (χ1) is 10.6. The summed E-state index contributed by atoms with van der Waals surface area (Å²) in [5, 5.41) is 0. The summed E-state index contributed by atoms with van der Waals surface area (Å²) in [5.41, 5.74) is 0.650. The highest BCUT2D eigenvalue weighted by atomic mass is 16.5. The number of rotatable bonds is 10. The number of carbonyl (C=O) groups excluding carboxylic acids is 1. The molecule has 5 heteroatoms. The second-order valence-corrected chi connectivity index (χ2v) is 5.65. The number of carbonyl (C=O) groups is 1. The number of methoxy groups -OCH3 is 1. The monoisotopic (exact) mass is 308 g/mol. The average molecular weight is 308 g/mol. The highest BCUT2D eigenvalue weighted by Crippen LogP contribution is 2.10. The van der Waals surface area contributed by atoms with Crippen LogP contribution in [-0.2, 0) is 11.3 Å². The van der Waals surface area contributed by atoms with Crippen molar-refractivity contribution in [3.05, 3.63) is 27.9 Å². The summed E-state index contributed by atoms with van der Waals surface area (Å²) in [4.78, 5) is 27.4. The number of hydrogen-bond donors (Lipinski definition) is 0. The van der Waals surface area contributed by atoms with Crippen LogP contribution in [0.2, 0.25) is 0 Å². The van der Waals surface area contributed by atoms with Crippen molar-refractivity contribution in [2.45, 2.75) is 71.8 Å². The second-order valence-electron chi connectivity index (χ2n) is 5.65. The van der Waals surface area contributed by atoms with E-state index in [1.807, 2.05) is 0 Å². The van der Waals surface area contributed by atoms with Crippen LogP contribution in [0.15, 0.2) is 11.0 Å². The molecule has 1 aromatic heterocycles. The number of esters is 1. The maximum Gasteiger partial charge on any atom is 0.358 e. The van der Waals surface area contributed by atoms with Gasteiger partial charge in [0.1, 0.15) is 0 Å². The zero-order chi connectivity index (χ0) is 16.4. The third-order valence-corrected chi connectivity index (χ3v) is 3.93. The molecule has 0 aliphatic rings. The van der Waals surface area contributed by atoms with Gasteiger partial charge in [-0.25, -0.2) is 9.78 Å². The van der Waals surface area contributed by atoms with E-state index < -0.39 is 5.97 Å². The summed E-state index contributed by atoms with van der Waals surface area (Å²) in [7, 11) is 1.32. The largest absolute Gasteiger partial charge is 0.464 e. The molecule has 0 aromatic carbocycles. The Bertz CT molecular complexity index is 523. The summed E-state index contributed by atoms with van der Waals surface area (Å²) in [6, 6.07) is 0. The lowest BCUT2D eigenvalue weighted by Gasteiger charge is -2.11. The normalized spacial score (nSPS) is 10.7. The van der Waals surface area contributed by atoms with Gasteiger partial charge in [-0.1, -0.05) is 51.9 Å². The molecule has 0 atom stereocenters. The molecule has 0 N–H and O–H groups in total. The molecule has 0 saturated heterocycles. The van der Waals surface area contributed by atoms with E-state index in [2.05, 4.69) is 16.6 Å². The van der Waals surface area contributed by atoms with E-state index in [-0.39, 0.29) is 11.3 Å². The van der Waals surface area contributed by atoms with Crippen LogP contribution in [0.5, 0.6) is 0 Å². The van der Waals surface area contributed by atoms with Crippen LogP contribution >= 0.6 is 0 Å². The van der Waals surface area contributed by atoms with Gasteiger partial charge in [-0.2, -0.15) is 0 Å². The Morgan fingerprint density at radius 2 is 1.73 bits per heavy atom. The summed E-state index contributed by atoms with van der Waals surface area (Å²) in [6.45, 7) is 4.59. The zero-order valence-corrected chi connectivity index (χ0v) is 14.1. The predicted octanol–water partition coefficient (Wildman–Crippen LogP) is 3.48. The van der Waals surface area contributed by atoms with Crippen molar-refractivity contribution in [2.24, 2.45) is 0 Å². The van der Waals surface area contributed by atoms with Crippen molar-refractivity contribution in [1.29, 1.82) is 0 Å². The first kappa shape index (κ1) is 18.4. The van der Waals surface area contributed by atoms with Crippen LogP contribution < -0.4 is 5.56 Å². The number of aromatic nitrogens is 2. The van der Waals surface area contributed by atoms with E-state index in [0.717, 1.165) is 12.8 Å². The van der Waals surface area contributed by atoms with E-state index in [1.165, 1.54) is 51.8 Å². The Labute approximate surface area is 132 Å². The molecule has 0 amide bonds. The van der Waals surface area contributed by atoms with Crippen LogP contribution in [0.25, 0.3) is 0 Å². The first-order valence-corrected chi connectivity index (χ1v) is 8.26. The van der Waals surface area contributed by atoms with Crippen molar-refractivity contribution >= 4 is 5.97 Å². The van der Waals surface area contributed by atoms with Gasteiger partial charge in [0.05, 0.1) is 19.0 Å². The molecule has 0 radical (unpaired) electrons. The highest BCUT2D eigenvalue weighted by Gasteiger charge is 2.14. The smallest absolute Gasteiger partial charge is 0.358 e. The lowest BCUT2D eigenvalue weighted by molar-refractivity contribution is 0.0591. The molecule has 0 bridgehead atoms. The van der Waals surface area contributed by atoms with Gasteiger partial charge < -0.3 is 9.30 Å². The fraction of sp³-hybridized carbons (Fsp3) is 0.706. The van der Waals surface area contributed by atoms with Gasteiger partial charge in [-0.05, 0) is 13.3 Å².